The second-order valence-electron chi connectivity index (χ2n) is 3.75. The lowest BCUT2D eigenvalue weighted by Gasteiger charge is -2.07. The lowest BCUT2D eigenvalue weighted by atomic mass is 10.3. The Balaban J connectivity index is 2.35. The number of sulfonamides is 1. The quantitative estimate of drug-likeness (QED) is 0.761. The van der Waals surface area contributed by atoms with Gasteiger partial charge in [0, 0.05) is 13.1 Å². The van der Waals surface area contributed by atoms with Crippen LogP contribution in [-0.2, 0) is 16.2 Å². The fourth-order valence-corrected chi connectivity index (χ4v) is 1.66. The van der Waals surface area contributed by atoms with Gasteiger partial charge in [-0.15, -0.1) is 10.2 Å². The van der Waals surface area contributed by atoms with Crippen molar-refractivity contribution >= 4 is 15.8 Å². The highest BCUT2D eigenvalue weighted by Gasteiger charge is 2.32. The maximum absolute atomic E-state index is 12.2. The molecular formula is C9H13F3N4O2S. The van der Waals surface area contributed by atoms with Crippen molar-refractivity contribution in [2.45, 2.75) is 12.6 Å². The number of aromatic nitrogens is 2. The second kappa shape index (κ2) is 6.15. The van der Waals surface area contributed by atoms with Gasteiger partial charge in [0.05, 0.1) is 6.26 Å². The van der Waals surface area contributed by atoms with Gasteiger partial charge in [-0.05, 0) is 18.6 Å². The van der Waals surface area contributed by atoms with Gasteiger partial charge in [0.25, 0.3) is 0 Å². The molecule has 1 aromatic heterocycles. The number of rotatable bonds is 6. The third-order valence-electron chi connectivity index (χ3n) is 1.98. The molecule has 10 heteroatoms. The van der Waals surface area contributed by atoms with E-state index in [0.29, 0.717) is 13.0 Å². The van der Waals surface area contributed by atoms with Crippen LogP contribution in [0, 0.1) is 0 Å². The normalized spacial score (nSPS) is 12.4. The van der Waals surface area contributed by atoms with Crippen molar-refractivity contribution in [1.82, 2.24) is 14.9 Å². The molecule has 0 saturated carbocycles. The first-order valence-corrected chi connectivity index (χ1v) is 7.17. The molecule has 0 aliphatic carbocycles. The van der Waals surface area contributed by atoms with Crippen LogP contribution < -0.4 is 10.0 Å². The summed E-state index contributed by atoms with van der Waals surface area (Å²) >= 11 is 0. The predicted octanol–water partition coefficient (Wildman–Crippen LogP) is 0.847. The number of alkyl halides is 3. The van der Waals surface area contributed by atoms with Gasteiger partial charge >= 0.3 is 6.18 Å². The highest BCUT2D eigenvalue weighted by molar-refractivity contribution is 7.88. The first-order chi connectivity index (χ1) is 8.68. The van der Waals surface area contributed by atoms with Crippen LogP contribution in [0.2, 0.25) is 0 Å². The molecule has 0 bridgehead atoms. The van der Waals surface area contributed by atoms with E-state index >= 15 is 0 Å². The van der Waals surface area contributed by atoms with Gasteiger partial charge in [0.15, 0.2) is 5.69 Å². The number of hydrogen-bond donors (Lipinski definition) is 2. The lowest BCUT2D eigenvalue weighted by Crippen LogP contribution is -2.24. The molecule has 1 rings (SSSR count). The topological polar surface area (TPSA) is 84.0 Å². The summed E-state index contributed by atoms with van der Waals surface area (Å²) in [7, 11) is -3.22. The van der Waals surface area contributed by atoms with E-state index in [-0.39, 0.29) is 12.4 Å². The molecule has 1 heterocycles. The van der Waals surface area contributed by atoms with Crippen molar-refractivity contribution in [3.63, 3.8) is 0 Å². The van der Waals surface area contributed by atoms with Crippen LogP contribution in [0.1, 0.15) is 12.1 Å². The van der Waals surface area contributed by atoms with Crippen molar-refractivity contribution < 1.29 is 21.6 Å². The maximum Gasteiger partial charge on any atom is 0.435 e. The van der Waals surface area contributed by atoms with E-state index in [1.807, 2.05) is 0 Å². The van der Waals surface area contributed by atoms with E-state index in [2.05, 4.69) is 20.2 Å². The summed E-state index contributed by atoms with van der Waals surface area (Å²) in [4.78, 5) is 0. The molecule has 19 heavy (non-hydrogen) atoms. The molecule has 0 aliphatic heterocycles. The van der Waals surface area contributed by atoms with E-state index in [0.717, 1.165) is 12.3 Å². The number of anilines is 1. The van der Waals surface area contributed by atoms with Gasteiger partial charge < -0.3 is 5.32 Å². The minimum absolute atomic E-state index is 0.201. The average molecular weight is 298 g/mol. The monoisotopic (exact) mass is 298 g/mol. The van der Waals surface area contributed by atoms with Gasteiger partial charge in [0.1, 0.15) is 5.82 Å². The molecule has 0 amide bonds. The predicted molar refractivity (Wildman–Crippen MR) is 63.0 cm³/mol. The third-order valence-corrected chi connectivity index (χ3v) is 2.71. The van der Waals surface area contributed by atoms with Crippen molar-refractivity contribution in [3.8, 4) is 0 Å². The van der Waals surface area contributed by atoms with Gasteiger partial charge in [-0.1, -0.05) is 0 Å². The second-order valence-corrected chi connectivity index (χ2v) is 5.58. The number of nitrogens with one attached hydrogen (secondary N) is 2. The molecule has 6 nitrogen and oxygen atoms in total. The zero-order chi connectivity index (χ0) is 14.5. The first kappa shape index (κ1) is 15.6. The summed E-state index contributed by atoms with van der Waals surface area (Å²) in [5.74, 6) is 0.201. The SMILES string of the molecule is CS(=O)(=O)NCCCNc1ccc(C(F)(F)F)nn1. The smallest absolute Gasteiger partial charge is 0.369 e. The largest absolute Gasteiger partial charge is 0.435 e. The Bertz CT molecular complexity index is 501. The van der Waals surface area contributed by atoms with Crippen LogP contribution in [-0.4, -0.2) is 38.0 Å². The van der Waals surface area contributed by atoms with E-state index < -0.39 is 21.9 Å². The first-order valence-electron chi connectivity index (χ1n) is 5.28. The van der Waals surface area contributed by atoms with Gasteiger partial charge in [-0.3, -0.25) is 0 Å². The highest BCUT2D eigenvalue weighted by Crippen LogP contribution is 2.26. The molecule has 0 fully saturated rings. The molecular weight excluding hydrogens is 285 g/mol. The van der Waals surface area contributed by atoms with Crippen molar-refractivity contribution in [2.75, 3.05) is 24.7 Å². The summed E-state index contributed by atoms with van der Waals surface area (Å²) in [6.07, 6.45) is -3.00. The van der Waals surface area contributed by atoms with Crippen molar-refractivity contribution in [3.05, 3.63) is 17.8 Å². The van der Waals surface area contributed by atoms with E-state index in [4.69, 9.17) is 0 Å². The molecule has 0 unspecified atom stereocenters. The summed E-state index contributed by atoms with van der Waals surface area (Å²) in [6, 6.07) is 1.99. The summed E-state index contributed by atoms with van der Waals surface area (Å²) in [5.41, 5.74) is -1.06. The molecule has 0 aliphatic rings. The zero-order valence-corrected chi connectivity index (χ0v) is 10.8. The van der Waals surface area contributed by atoms with Gasteiger partial charge in [-0.2, -0.15) is 13.2 Å². The zero-order valence-electron chi connectivity index (χ0n) is 10.0. The summed E-state index contributed by atoms with van der Waals surface area (Å²) in [6.45, 7) is 0.600. The van der Waals surface area contributed by atoms with Crippen LogP contribution in [0.25, 0.3) is 0 Å². The van der Waals surface area contributed by atoms with E-state index in [9.17, 15) is 21.6 Å². The molecule has 0 saturated heterocycles. The lowest BCUT2D eigenvalue weighted by molar-refractivity contribution is -0.141. The van der Waals surface area contributed by atoms with Gasteiger partial charge in [-0.25, -0.2) is 13.1 Å². The standard InChI is InChI=1S/C9H13F3N4O2S/c1-19(17,18)14-6-2-5-13-8-4-3-7(15-16-8)9(10,11)12/h3-4,14H,2,5-6H2,1H3,(H,13,16). The van der Waals surface area contributed by atoms with Gasteiger partial charge in [0.2, 0.25) is 10.0 Å². The minimum atomic E-state index is -4.51. The van der Waals surface area contributed by atoms with E-state index in [1.54, 1.807) is 0 Å². The molecule has 2 N–H and O–H groups in total. The molecule has 0 radical (unpaired) electrons. The number of nitrogens with zero attached hydrogens (tertiary/aromatic N) is 2. The Labute approximate surface area is 108 Å². The molecule has 0 spiro atoms. The number of hydrogen-bond acceptors (Lipinski definition) is 5. The van der Waals surface area contributed by atoms with Crippen LogP contribution in [0.4, 0.5) is 19.0 Å². The Hall–Kier alpha value is -1.42. The van der Waals surface area contributed by atoms with Crippen LogP contribution in [0.15, 0.2) is 12.1 Å². The summed E-state index contributed by atoms with van der Waals surface area (Å²) in [5, 5.41) is 9.14. The third kappa shape index (κ3) is 6.34. The van der Waals surface area contributed by atoms with Crippen LogP contribution in [0.5, 0.6) is 0 Å². The Morgan fingerprint density at radius 2 is 1.89 bits per heavy atom. The minimum Gasteiger partial charge on any atom is -0.369 e. The van der Waals surface area contributed by atoms with Crippen molar-refractivity contribution in [2.24, 2.45) is 0 Å². The Morgan fingerprint density at radius 1 is 1.21 bits per heavy atom. The van der Waals surface area contributed by atoms with E-state index in [1.165, 1.54) is 6.07 Å². The Morgan fingerprint density at radius 3 is 2.37 bits per heavy atom. The maximum atomic E-state index is 12.2. The fourth-order valence-electron chi connectivity index (χ4n) is 1.14. The number of halogens is 3. The summed E-state index contributed by atoms with van der Waals surface area (Å²) < 4.78 is 60.3. The molecule has 0 atom stereocenters. The van der Waals surface area contributed by atoms with Crippen LogP contribution in [0.3, 0.4) is 0 Å². The average Bonchev–Trinajstić information content (AvgIpc) is 2.26. The molecule has 108 valence electrons. The van der Waals surface area contributed by atoms with Crippen molar-refractivity contribution in [1.29, 1.82) is 0 Å². The highest BCUT2D eigenvalue weighted by atomic mass is 32.2. The fraction of sp³-hybridized carbons (Fsp3) is 0.556. The Kier molecular flexibility index (Phi) is 5.06. The van der Waals surface area contributed by atoms with Crippen LogP contribution >= 0.6 is 0 Å². The molecule has 0 aromatic carbocycles. The molecule has 1 aromatic rings.